The van der Waals surface area contributed by atoms with Crippen LogP contribution in [-0.4, -0.2) is 57.1 Å². The summed E-state index contributed by atoms with van der Waals surface area (Å²) < 4.78 is 25.3. The van der Waals surface area contributed by atoms with Crippen LogP contribution >= 0.6 is 0 Å². The average Bonchev–Trinajstić information content (AvgIpc) is 0.811. The van der Waals surface area contributed by atoms with Crippen molar-refractivity contribution in [2.45, 2.75) is 0 Å². The van der Waals surface area contributed by atoms with E-state index in [0.29, 0.717) is 0 Å². The molecule has 11 nitrogen and oxygen atoms in total. The van der Waals surface area contributed by atoms with E-state index in [1.807, 2.05) is 0 Å². The van der Waals surface area contributed by atoms with E-state index in [-0.39, 0.29) is 103 Å². The zero-order valence-electron chi connectivity index (χ0n) is 7.63. The van der Waals surface area contributed by atoms with Gasteiger partial charge in [-0.3, -0.25) is 4.21 Å². The van der Waals surface area contributed by atoms with Gasteiger partial charge >= 0.3 is 59.1 Å². The molecule has 0 aromatic heterocycles. The van der Waals surface area contributed by atoms with E-state index in [2.05, 4.69) is 0 Å². The number of rotatable bonds is 0. The first kappa shape index (κ1) is 152. The summed E-state index contributed by atoms with van der Waals surface area (Å²) in [5, 5.41) is 0. The Morgan fingerprint density at radius 3 is 0.571 bits per heavy atom. The van der Waals surface area contributed by atoms with Crippen LogP contribution in [0.15, 0.2) is 0 Å². The van der Waals surface area contributed by atoms with Gasteiger partial charge < -0.3 is 52.9 Å². The minimum Gasteiger partial charge on any atom is -0.784 e. The zero-order valence-corrected chi connectivity index (χ0v) is 12.4. The van der Waals surface area contributed by atoms with Crippen LogP contribution in [0.2, 0.25) is 0 Å². The molecule has 0 amide bonds. The van der Waals surface area contributed by atoms with Crippen LogP contribution in [-0.2, 0) is 11.4 Å². The van der Waals surface area contributed by atoms with Crippen molar-refractivity contribution in [3.63, 3.8) is 0 Å². The van der Waals surface area contributed by atoms with Gasteiger partial charge in [0, 0.05) is 0 Å². The van der Waals surface area contributed by atoms with E-state index >= 15 is 0 Å². The van der Waals surface area contributed by atoms with E-state index in [1.165, 1.54) is 0 Å². The first-order valence-electron chi connectivity index (χ1n) is 0.500. The monoisotopic (exact) mass is 270 g/mol. The molecule has 0 aromatic rings. The van der Waals surface area contributed by atoms with Gasteiger partial charge in [-0.2, -0.15) is 0 Å². The van der Waals surface area contributed by atoms with Crippen LogP contribution in [0, 0.1) is 0 Å². The fourth-order valence-electron chi connectivity index (χ4n) is 0. The Bertz CT molecular complexity index is 36.3. The first-order chi connectivity index (χ1) is 1.73. The maximum Gasteiger partial charge on any atom is 1.00 e. The average molecular weight is 270 g/mol. The van der Waals surface area contributed by atoms with Crippen LogP contribution < -0.4 is 59.1 Å². The number of hydrogen-bond acceptors (Lipinski definition) is 3. The van der Waals surface area contributed by atoms with Gasteiger partial charge in [-0.1, -0.05) is 0 Å². The second-order valence-corrected chi connectivity index (χ2v) is 0.612. The van der Waals surface area contributed by atoms with Crippen molar-refractivity contribution in [3.05, 3.63) is 0 Å². The Kier molecular flexibility index (Phi) is 1340. The molecular formula is H16Na2O11S. The van der Waals surface area contributed by atoms with E-state index in [1.54, 1.807) is 0 Å². The van der Waals surface area contributed by atoms with Crippen LogP contribution in [0.1, 0.15) is 0 Å². The van der Waals surface area contributed by atoms with Crippen molar-refractivity contribution in [2.24, 2.45) is 0 Å². The smallest absolute Gasteiger partial charge is 0.784 e. The van der Waals surface area contributed by atoms with E-state index in [4.69, 9.17) is 13.3 Å². The summed E-state index contributed by atoms with van der Waals surface area (Å²) in [5.74, 6) is 0. The summed E-state index contributed by atoms with van der Waals surface area (Å²) in [6.45, 7) is 0. The Labute approximate surface area is 126 Å². The molecule has 0 saturated carbocycles. The molecule has 0 saturated heterocycles. The second-order valence-electron chi connectivity index (χ2n) is 0.204. The van der Waals surface area contributed by atoms with Crippen molar-refractivity contribution in [1.82, 2.24) is 0 Å². The molecule has 0 bridgehead atoms. The molecule has 0 aliphatic heterocycles. The van der Waals surface area contributed by atoms with E-state index < -0.39 is 11.4 Å². The van der Waals surface area contributed by atoms with Crippen LogP contribution in [0.4, 0.5) is 0 Å². The van der Waals surface area contributed by atoms with Gasteiger partial charge in [-0.15, -0.1) is 11.4 Å². The molecule has 0 heterocycles. The summed E-state index contributed by atoms with van der Waals surface area (Å²) in [7, 11) is 0. The Morgan fingerprint density at radius 2 is 0.571 bits per heavy atom. The quantitative estimate of drug-likeness (QED) is 0.305. The Hall–Kier alpha value is 1.75. The van der Waals surface area contributed by atoms with Crippen LogP contribution in [0.5, 0.6) is 0 Å². The minimum absolute atomic E-state index is 0. The van der Waals surface area contributed by atoms with Crippen molar-refractivity contribution in [1.29, 1.82) is 0 Å². The van der Waals surface area contributed by atoms with Gasteiger partial charge in [0.25, 0.3) is 0 Å². The van der Waals surface area contributed by atoms with Crippen molar-refractivity contribution in [3.8, 4) is 0 Å². The molecule has 0 atom stereocenters. The Morgan fingerprint density at radius 1 is 0.571 bits per heavy atom. The summed E-state index contributed by atoms with van der Waals surface area (Å²) in [6, 6.07) is 0. The molecule has 0 aromatic carbocycles. The first-order valence-corrected chi connectivity index (χ1v) is 1.50. The maximum atomic E-state index is 8.44. The third kappa shape index (κ3) is 730. The third-order valence-electron chi connectivity index (χ3n) is 0. The molecular weight excluding hydrogens is 254 g/mol. The second kappa shape index (κ2) is 124. The normalized spacial score (nSPS) is 2.50. The van der Waals surface area contributed by atoms with Gasteiger partial charge in [-0.05, 0) is 0 Å². The molecule has 0 aliphatic carbocycles. The van der Waals surface area contributed by atoms with Crippen LogP contribution in [0.3, 0.4) is 0 Å². The topological polar surface area (TPSA) is 315 Å². The SMILES string of the molecule is O.O.O.O.O.O.O.O.O=S([O-])[O-].[Na+].[Na+]. The van der Waals surface area contributed by atoms with Gasteiger partial charge in [0.05, 0.1) is 0 Å². The largest absolute Gasteiger partial charge is 1.00 e. The molecule has 0 rings (SSSR count). The summed E-state index contributed by atoms with van der Waals surface area (Å²) in [5.41, 5.74) is 0. The zero-order chi connectivity index (χ0) is 3.58. The van der Waals surface area contributed by atoms with E-state index in [0.717, 1.165) is 0 Å². The van der Waals surface area contributed by atoms with Gasteiger partial charge in [0.15, 0.2) is 0 Å². The number of hydrogen-bond donors (Lipinski definition) is 0. The Balaban J connectivity index is -0.000000001000. The summed E-state index contributed by atoms with van der Waals surface area (Å²) in [4.78, 5) is 0. The van der Waals surface area contributed by atoms with Gasteiger partial charge in [0.1, 0.15) is 0 Å². The molecule has 16 N–H and O–H groups in total. The van der Waals surface area contributed by atoms with Gasteiger partial charge in [0.2, 0.25) is 0 Å². The molecule has 0 aliphatic rings. The molecule has 90 valence electrons. The van der Waals surface area contributed by atoms with Crippen molar-refractivity contribution in [2.75, 3.05) is 0 Å². The van der Waals surface area contributed by atoms with Gasteiger partial charge in [-0.25, -0.2) is 0 Å². The third-order valence-corrected chi connectivity index (χ3v) is 0. The summed E-state index contributed by atoms with van der Waals surface area (Å²) >= 11 is -3.11. The summed E-state index contributed by atoms with van der Waals surface area (Å²) in [6.07, 6.45) is 0. The van der Waals surface area contributed by atoms with E-state index in [9.17, 15) is 0 Å². The fourth-order valence-corrected chi connectivity index (χ4v) is 0. The standard InChI is InChI=1S/2Na.H2O3S.8H2O/c;;1-4(2)3;;;;;;;;/h;;(H2,1,2,3);8*1H2/q2*+1;;;;;;;;;/p-2. The molecule has 0 radical (unpaired) electrons. The molecule has 0 fully saturated rings. The predicted octanol–water partition coefficient (Wildman–Crippen LogP) is -13.6. The predicted molar refractivity (Wildman–Crippen MR) is 38.6 cm³/mol. The molecule has 0 unspecified atom stereocenters. The van der Waals surface area contributed by atoms with Crippen LogP contribution in [0.25, 0.3) is 0 Å². The molecule has 14 heteroatoms. The molecule has 0 spiro atoms. The van der Waals surface area contributed by atoms with Crippen molar-refractivity contribution < 1.29 is 116 Å². The minimum atomic E-state index is -3.11. The fraction of sp³-hybridized carbons (Fsp3) is 0. The molecule has 14 heavy (non-hydrogen) atoms. The maximum absolute atomic E-state index is 8.44. The van der Waals surface area contributed by atoms with Crippen molar-refractivity contribution >= 4 is 11.4 Å².